The molecular formula is C15H15I3N2O6. The molecule has 0 bridgehead atoms. The topological polar surface area (TPSA) is 139 Å². The van der Waals surface area contributed by atoms with E-state index < -0.39 is 29.9 Å². The van der Waals surface area contributed by atoms with Crippen LogP contribution in [0, 0.1) is 10.7 Å². The van der Waals surface area contributed by atoms with Gasteiger partial charge < -0.3 is 20.9 Å². The van der Waals surface area contributed by atoms with Crippen molar-refractivity contribution >= 4 is 91.5 Å². The third-order valence-electron chi connectivity index (χ3n) is 3.14. The quantitative estimate of drug-likeness (QED) is 0.329. The first-order valence-corrected chi connectivity index (χ1v) is 10.3. The van der Waals surface area contributed by atoms with Gasteiger partial charge in [-0.25, -0.2) is 0 Å². The second kappa shape index (κ2) is 10.0. The summed E-state index contributed by atoms with van der Waals surface area (Å²) in [5.41, 5.74) is 11.8. The Morgan fingerprint density at radius 1 is 0.885 bits per heavy atom. The molecule has 1 aromatic rings. The van der Waals surface area contributed by atoms with Gasteiger partial charge in [0.05, 0.1) is 11.1 Å². The van der Waals surface area contributed by atoms with Gasteiger partial charge in [-0.1, -0.05) is 0 Å². The standard InChI is InChI=1S/C15H15I3N2O6/c1-5(21)25-4-7(26-6(2)22)3-8-11(16)9(14(19)23)13(18)10(12(8)17)15(20)24/h7H,3-4H2,1-2H3,(H2,19,23)(H2,20,24). The molecule has 0 aliphatic carbocycles. The van der Waals surface area contributed by atoms with Crippen LogP contribution in [0.25, 0.3) is 0 Å². The lowest BCUT2D eigenvalue weighted by molar-refractivity contribution is -0.156. The molecule has 1 unspecified atom stereocenters. The first kappa shape index (κ1) is 23.3. The lowest BCUT2D eigenvalue weighted by Crippen LogP contribution is -2.29. The summed E-state index contributed by atoms with van der Waals surface area (Å²) in [6.07, 6.45) is -0.680. The van der Waals surface area contributed by atoms with Crippen LogP contribution < -0.4 is 11.5 Å². The molecule has 1 atom stereocenters. The van der Waals surface area contributed by atoms with Crippen LogP contribution in [0.4, 0.5) is 0 Å². The Bertz CT molecular complexity index is 740. The lowest BCUT2D eigenvalue weighted by atomic mass is 10.0. The Morgan fingerprint density at radius 3 is 1.69 bits per heavy atom. The van der Waals surface area contributed by atoms with E-state index in [9.17, 15) is 19.2 Å². The molecule has 0 aliphatic rings. The highest BCUT2D eigenvalue weighted by atomic mass is 127. The van der Waals surface area contributed by atoms with Crippen molar-refractivity contribution in [3.63, 3.8) is 0 Å². The van der Waals surface area contributed by atoms with Gasteiger partial charge in [0.2, 0.25) is 0 Å². The molecule has 1 rings (SSSR count). The van der Waals surface area contributed by atoms with E-state index in [1.165, 1.54) is 13.8 Å². The van der Waals surface area contributed by atoms with Crippen LogP contribution in [0.3, 0.4) is 0 Å². The minimum atomic E-state index is -0.792. The second-order valence-corrected chi connectivity index (χ2v) is 8.37. The molecule has 1 aromatic carbocycles. The van der Waals surface area contributed by atoms with Crippen molar-refractivity contribution in [2.75, 3.05) is 6.61 Å². The molecule has 0 spiro atoms. The molecule has 26 heavy (non-hydrogen) atoms. The van der Waals surface area contributed by atoms with Gasteiger partial charge in [0, 0.05) is 31.0 Å². The molecule has 4 N–H and O–H groups in total. The van der Waals surface area contributed by atoms with E-state index in [0.29, 0.717) is 16.3 Å². The largest absolute Gasteiger partial charge is 0.462 e. The Morgan fingerprint density at radius 2 is 1.35 bits per heavy atom. The van der Waals surface area contributed by atoms with Crippen LogP contribution in [-0.4, -0.2) is 36.5 Å². The van der Waals surface area contributed by atoms with Crippen LogP contribution >= 0.6 is 67.8 Å². The van der Waals surface area contributed by atoms with E-state index in [0.717, 1.165) is 0 Å². The van der Waals surface area contributed by atoms with Gasteiger partial charge in [-0.05, 0) is 73.3 Å². The molecule has 0 saturated carbocycles. The normalized spacial score (nSPS) is 11.6. The minimum absolute atomic E-state index is 0.112. The highest BCUT2D eigenvalue weighted by Crippen LogP contribution is 2.32. The fourth-order valence-electron chi connectivity index (χ4n) is 2.14. The number of esters is 2. The van der Waals surface area contributed by atoms with Crippen molar-refractivity contribution in [2.24, 2.45) is 11.5 Å². The summed E-state index contributed by atoms with van der Waals surface area (Å²) in [4.78, 5) is 46.1. The summed E-state index contributed by atoms with van der Waals surface area (Å²) in [6, 6.07) is 0. The van der Waals surface area contributed by atoms with E-state index in [2.05, 4.69) is 0 Å². The molecule has 11 heteroatoms. The van der Waals surface area contributed by atoms with Crippen LogP contribution in [0.15, 0.2) is 0 Å². The summed E-state index contributed by atoms with van der Waals surface area (Å²) in [5, 5.41) is 0. The zero-order valence-corrected chi connectivity index (χ0v) is 20.2. The Kier molecular flexibility index (Phi) is 8.98. The summed E-state index contributed by atoms with van der Waals surface area (Å²) < 4.78 is 11.5. The zero-order valence-electron chi connectivity index (χ0n) is 13.7. The van der Waals surface area contributed by atoms with Gasteiger partial charge >= 0.3 is 11.9 Å². The molecule has 0 heterocycles. The average molecular weight is 700 g/mol. The second-order valence-electron chi connectivity index (χ2n) is 5.14. The van der Waals surface area contributed by atoms with Crippen molar-refractivity contribution in [1.29, 1.82) is 0 Å². The van der Waals surface area contributed by atoms with Crippen molar-refractivity contribution in [1.82, 2.24) is 0 Å². The predicted octanol–water partition coefficient (Wildman–Crippen LogP) is 1.74. The first-order chi connectivity index (χ1) is 12.0. The number of hydrogen-bond donors (Lipinski definition) is 2. The highest BCUT2D eigenvalue weighted by Gasteiger charge is 2.28. The lowest BCUT2D eigenvalue weighted by Gasteiger charge is -2.21. The van der Waals surface area contributed by atoms with E-state index >= 15 is 0 Å². The molecule has 2 amide bonds. The number of carbonyl (C=O) groups excluding carboxylic acids is 4. The number of carbonyl (C=O) groups is 4. The van der Waals surface area contributed by atoms with Crippen LogP contribution in [-0.2, 0) is 25.5 Å². The maximum Gasteiger partial charge on any atom is 0.303 e. The van der Waals surface area contributed by atoms with E-state index in [1.807, 2.05) is 67.8 Å². The van der Waals surface area contributed by atoms with Crippen molar-refractivity contribution in [3.05, 3.63) is 27.4 Å². The molecule has 0 aliphatic heterocycles. The smallest absolute Gasteiger partial charge is 0.303 e. The maximum absolute atomic E-state index is 11.9. The van der Waals surface area contributed by atoms with Crippen LogP contribution in [0.5, 0.6) is 0 Å². The van der Waals surface area contributed by atoms with Crippen LogP contribution in [0.2, 0.25) is 0 Å². The van der Waals surface area contributed by atoms with Gasteiger partial charge in [-0.2, -0.15) is 0 Å². The van der Waals surface area contributed by atoms with Gasteiger partial charge in [0.25, 0.3) is 11.8 Å². The molecule has 0 saturated heterocycles. The number of amides is 2. The molecule has 0 radical (unpaired) electrons. The number of hydrogen-bond acceptors (Lipinski definition) is 6. The van der Waals surface area contributed by atoms with E-state index in [1.54, 1.807) is 0 Å². The number of rotatable bonds is 7. The summed E-state index contributed by atoms with van der Waals surface area (Å²) in [6.45, 7) is 2.30. The molecular weight excluding hydrogens is 685 g/mol. The van der Waals surface area contributed by atoms with Gasteiger partial charge in [0.15, 0.2) is 0 Å². The van der Waals surface area contributed by atoms with Crippen LogP contribution in [0.1, 0.15) is 40.1 Å². The average Bonchev–Trinajstić information content (AvgIpc) is 2.47. The van der Waals surface area contributed by atoms with Gasteiger partial charge in [0.1, 0.15) is 12.7 Å². The number of halogens is 3. The SMILES string of the molecule is CC(=O)OCC(Cc1c(I)c(C(N)=O)c(I)c(C(N)=O)c1I)OC(C)=O. The number of primary amides is 2. The highest BCUT2D eigenvalue weighted by molar-refractivity contribution is 14.1. The summed E-state index contributed by atoms with van der Waals surface area (Å²) >= 11 is 5.74. The number of nitrogens with two attached hydrogens (primary N) is 2. The fraction of sp³-hybridized carbons (Fsp3) is 0.333. The van der Waals surface area contributed by atoms with Crippen molar-refractivity contribution < 1.29 is 28.7 Å². The van der Waals surface area contributed by atoms with E-state index in [4.69, 9.17) is 20.9 Å². The maximum atomic E-state index is 11.9. The van der Waals surface area contributed by atoms with Crippen molar-refractivity contribution in [2.45, 2.75) is 26.4 Å². The van der Waals surface area contributed by atoms with E-state index in [-0.39, 0.29) is 24.2 Å². The minimum Gasteiger partial charge on any atom is -0.462 e. The third-order valence-corrected chi connectivity index (χ3v) is 6.60. The van der Waals surface area contributed by atoms with Gasteiger partial charge in [-0.3, -0.25) is 19.2 Å². The Balaban J connectivity index is 3.48. The summed E-state index contributed by atoms with van der Waals surface area (Å²) in [5.74, 6) is -2.49. The zero-order chi connectivity index (χ0) is 20.2. The molecule has 8 nitrogen and oxygen atoms in total. The fourth-order valence-corrected chi connectivity index (χ4v) is 6.80. The molecule has 0 aromatic heterocycles. The van der Waals surface area contributed by atoms with Crippen molar-refractivity contribution in [3.8, 4) is 0 Å². The first-order valence-electron chi connectivity index (χ1n) is 7.06. The van der Waals surface area contributed by atoms with Gasteiger partial charge in [-0.15, -0.1) is 0 Å². The molecule has 0 fully saturated rings. The third kappa shape index (κ3) is 5.90. The predicted molar refractivity (Wildman–Crippen MR) is 118 cm³/mol. The molecule has 142 valence electrons. The summed E-state index contributed by atoms with van der Waals surface area (Å²) in [7, 11) is 0. The number of benzene rings is 1. The Hall–Kier alpha value is -0.710. The Labute approximate surface area is 190 Å². The monoisotopic (exact) mass is 700 g/mol. The number of ether oxygens (including phenoxy) is 2.